The van der Waals surface area contributed by atoms with Crippen LogP contribution in [0.15, 0.2) is 36.4 Å². The molecule has 0 spiro atoms. The van der Waals surface area contributed by atoms with Gasteiger partial charge in [0.25, 0.3) is 11.6 Å². The molecule has 0 fully saturated rings. The van der Waals surface area contributed by atoms with E-state index in [0.717, 1.165) is 12.0 Å². The minimum atomic E-state index is -0.512. The number of hydrogen-bond acceptors (Lipinski definition) is 5. The number of carbonyl (C=O) groups is 1. The highest BCUT2D eigenvalue weighted by Gasteiger charge is 2.26. The van der Waals surface area contributed by atoms with E-state index in [1.807, 2.05) is 32.0 Å². The smallest absolute Gasteiger partial charge is 0.285 e. The van der Waals surface area contributed by atoms with E-state index >= 15 is 0 Å². The number of benzene rings is 2. The van der Waals surface area contributed by atoms with Crippen molar-refractivity contribution in [3.05, 3.63) is 63.2 Å². The highest BCUT2D eigenvalue weighted by molar-refractivity contribution is 5.98. The molecule has 0 aromatic heterocycles. The minimum absolute atomic E-state index is 0.0602. The van der Waals surface area contributed by atoms with E-state index in [9.17, 15) is 14.9 Å². The van der Waals surface area contributed by atoms with Gasteiger partial charge >= 0.3 is 0 Å². The zero-order valence-corrected chi connectivity index (χ0v) is 16.2. The number of nitrogens with zero attached hydrogens (tertiary/aromatic N) is 1. The van der Waals surface area contributed by atoms with Crippen molar-refractivity contribution in [1.82, 2.24) is 5.32 Å². The molecule has 2 aromatic carbocycles. The van der Waals surface area contributed by atoms with Crippen LogP contribution in [0.5, 0.6) is 11.5 Å². The third kappa shape index (κ3) is 4.08. The third-order valence-corrected chi connectivity index (χ3v) is 4.75. The van der Waals surface area contributed by atoms with Gasteiger partial charge in [-0.25, -0.2) is 0 Å². The summed E-state index contributed by atoms with van der Waals surface area (Å²) in [5.41, 5.74) is 1.21. The highest BCUT2D eigenvalue weighted by atomic mass is 16.6. The van der Waals surface area contributed by atoms with Crippen LogP contribution < -0.4 is 14.8 Å². The molecule has 1 heterocycles. The molecule has 1 N–H and O–H groups in total. The van der Waals surface area contributed by atoms with Crippen LogP contribution in [0.25, 0.3) is 0 Å². The molecule has 0 unspecified atom stereocenters. The molecule has 148 valence electrons. The molecule has 0 radical (unpaired) electrons. The number of ether oxygens (including phenoxy) is 2. The Kier molecular flexibility index (Phi) is 5.82. The SMILES string of the molecule is Cc1cccc(C(=O)N[C@H](c2ccc3c(c2)OCCCO3)C(C)C)c1[N+](=O)[O-]. The molecule has 1 amide bonds. The van der Waals surface area contributed by atoms with Crippen LogP contribution in [0.3, 0.4) is 0 Å². The van der Waals surface area contributed by atoms with E-state index in [2.05, 4.69) is 5.32 Å². The lowest BCUT2D eigenvalue weighted by Gasteiger charge is -2.24. The van der Waals surface area contributed by atoms with Gasteiger partial charge in [0.05, 0.1) is 24.2 Å². The predicted molar refractivity (Wildman–Crippen MR) is 105 cm³/mol. The molecular weight excluding hydrogens is 360 g/mol. The van der Waals surface area contributed by atoms with Crippen LogP contribution in [0.2, 0.25) is 0 Å². The van der Waals surface area contributed by atoms with Crippen molar-refractivity contribution in [2.24, 2.45) is 5.92 Å². The van der Waals surface area contributed by atoms with Gasteiger partial charge in [0, 0.05) is 12.0 Å². The number of para-hydroxylation sites is 1. The molecular formula is C21H24N2O5. The van der Waals surface area contributed by atoms with E-state index in [4.69, 9.17) is 9.47 Å². The second-order valence-corrected chi connectivity index (χ2v) is 7.18. The van der Waals surface area contributed by atoms with E-state index in [-0.39, 0.29) is 23.2 Å². The number of aryl methyl sites for hydroxylation is 1. The monoisotopic (exact) mass is 384 g/mol. The number of rotatable bonds is 5. The van der Waals surface area contributed by atoms with E-state index in [1.54, 1.807) is 19.1 Å². The molecule has 3 rings (SSSR count). The summed E-state index contributed by atoms with van der Waals surface area (Å²) in [5, 5.41) is 14.4. The fourth-order valence-electron chi connectivity index (χ4n) is 3.31. The fourth-order valence-corrected chi connectivity index (χ4v) is 3.31. The standard InChI is InChI=1S/C21H24N2O5/c1-13(2)19(15-8-9-17-18(12-15)28-11-5-10-27-17)22-21(24)16-7-4-6-14(3)20(16)23(25)26/h4,6-9,12-13,19H,5,10-11H2,1-3H3,(H,22,24)/t19-/m0/s1. The maximum absolute atomic E-state index is 12.9. The topological polar surface area (TPSA) is 90.7 Å². The van der Waals surface area contributed by atoms with Gasteiger partial charge < -0.3 is 14.8 Å². The van der Waals surface area contributed by atoms with Crippen molar-refractivity contribution in [3.63, 3.8) is 0 Å². The number of carbonyl (C=O) groups excluding carboxylic acids is 1. The first kappa shape index (κ1) is 19.7. The summed E-state index contributed by atoms with van der Waals surface area (Å²) in [4.78, 5) is 23.8. The van der Waals surface area contributed by atoms with Crippen LogP contribution in [0.4, 0.5) is 5.69 Å². The molecule has 7 heteroatoms. The molecule has 28 heavy (non-hydrogen) atoms. The molecule has 1 atom stereocenters. The Balaban J connectivity index is 1.91. The third-order valence-electron chi connectivity index (χ3n) is 4.75. The molecule has 2 aromatic rings. The van der Waals surface area contributed by atoms with Crippen LogP contribution in [0, 0.1) is 23.0 Å². The first-order valence-electron chi connectivity index (χ1n) is 9.33. The first-order valence-corrected chi connectivity index (χ1v) is 9.33. The lowest BCUT2D eigenvalue weighted by molar-refractivity contribution is -0.385. The Morgan fingerprint density at radius 1 is 1.14 bits per heavy atom. The van der Waals surface area contributed by atoms with E-state index in [0.29, 0.717) is 30.3 Å². The van der Waals surface area contributed by atoms with E-state index < -0.39 is 10.8 Å². The van der Waals surface area contributed by atoms with Gasteiger partial charge in [-0.1, -0.05) is 32.0 Å². The van der Waals surface area contributed by atoms with Crippen molar-refractivity contribution < 1.29 is 19.2 Å². The van der Waals surface area contributed by atoms with Crippen LogP contribution in [0.1, 0.15) is 47.8 Å². The Hall–Kier alpha value is -3.09. The fraction of sp³-hybridized carbons (Fsp3) is 0.381. The lowest BCUT2D eigenvalue weighted by Crippen LogP contribution is -2.32. The molecule has 0 bridgehead atoms. The predicted octanol–water partition coefficient (Wildman–Crippen LogP) is 4.19. The minimum Gasteiger partial charge on any atom is -0.490 e. The summed E-state index contributed by atoms with van der Waals surface area (Å²) in [5.74, 6) is 0.930. The van der Waals surface area contributed by atoms with Crippen molar-refractivity contribution >= 4 is 11.6 Å². The van der Waals surface area contributed by atoms with Gasteiger partial charge in [-0.3, -0.25) is 14.9 Å². The largest absolute Gasteiger partial charge is 0.490 e. The van der Waals surface area contributed by atoms with Gasteiger partial charge in [-0.15, -0.1) is 0 Å². The van der Waals surface area contributed by atoms with Crippen molar-refractivity contribution in [2.75, 3.05) is 13.2 Å². The molecule has 0 aliphatic carbocycles. The van der Waals surface area contributed by atoms with Crippen molar-refractivity contribution in [2.45, 2.75) is 33.2 Å². The van der Waals surface area contributed by atoms with Crippen LogP contribution >= 0.6 is 0 Å². The number of amides is 1. The quantitative estimate of drug-likeness (QED) is 0.616. The highest BCUT2D eigenvalue weighted by Crippen LogP contribution is 2.34. The number of nitro benzene ring substituents is 1. The number of nitrogens with one attached hydrogen (secondary N) is 1. The number of fused-ring (bicyclic) bond motifs is 1. The zero-order chi connectivity index (χ0) is 20.3. The maximum atomic E-state index is 12.9. The Morgan fingerprint density at radius 2 is 1.86 bits per heavy atom. The average molecular weight is 384 g/mol. The molecule has 1 aliphatic rings. The van der Waals surface area contributed by atoms with Crippen LogP contribution in [-0.4, -0.2) is 24.0 Å². The summed E-state index contributed by atoms with van der Waals surface area (Å²) >= 11 is 0. The molecule has 1 aliphatic heterocycles. The van der Waals surface area contributed by atoms with Crippen molar-refractivity contribution in [3.8, 4) is 11.5 Å². The summed E-state index contributed by atoms with van der Waals surface area (Å²) in [6, 6.07) is 10.0. The average Bonchev–Trinajstić information content (AvgIpc) is 2.89. The van der Waals surface area contributed by atoms with Gasteiger partial charge in [-0.05, 0) is 36.6 Å². The number of hydrogen-bond donors (Lipinski definition) is 1. The van der Waals surface area contributed by atoms with Crippen molar-refractivity contribution in [1.29, 1.82) is 0 Å². The summed E-state index contributed by atoms with van der Waals surface area (Å²) in [7, 11) is 0. The number of nitro groups is 1. The molecule has 7 nitrogen and oxygen atoms in total. The Morgan fingerprint density at radius 3 is 2.54 bits per heavy atom. The maximum Gasteiger partial charge on any atom is 0.285 e. The summed E-state index contributed by atoms with van der Waals surface area (Å²) in [6.45, 7) is 6.77. The first-order chi connectivity index (χ1) is 13.4. The Bertz CT molecular complexity index is 894. The normalized spacial score (nSPS) is 14.3. The second-order valence-electron chi connectivity index (χ2n) is 7.18. The van der Waals surface area contributed by atoms with E-state index in [1.165, 1.54) is 6.07 Å². The summed E-state index contributed by atoms with van der Waals surface area (Å²) < 4.78 is 11.4. The van der Waals surface area contributed by atoms with Gasteiger partial charge in [0.1, 0.15) is 5.56 Å². The van der Waals surface area contributed by atoms with Gasteiger partial charge in [0.15, 0.2) is 11.5 Å². The van der Waals surface area contributed by atoms with Crippen LogP contribution in [-0.2, 0) is 0 Å². The zero-order valence-electron chi connectivity index (χ0n) is 16.2. The summed E-state index contributed by atoms with van der Waals surface area (Å²) in [6.07, 6.45) is 0.811. The molecule has 0 saturated carbocycles. The lowest BCUT2D eigenvalue weighted by atomic mass is 9.95. The van der Waals surface area contributed by atoms with Gasteiger partial charge in [-0.2, -0.15) is 0 Å². The Labute approximate surface area is 163 Å². The van der Waals surface area contributed by atoms with Gasteiger partial charge in [0.2, 0.25) is 0 Å². The second kappa shape index (κ2) is 8.29. The molecule has 0 saturated heterocycles.